The SMILES string of the molecule is COC(=O)COc1nc(-c2cccc(Cl)c2)nc(C)c1C. The van der Waals surface area contributed by atoms with Crippen LogP contribution in [0.5, 0.6) is 5.88 Å². The number of aromatic nitrogens is 2. The van der Waals surface area contributed by atoms with Gasteiger partial charge in [0.25, 0.3) is 0 Å². The molecule has 0 saturated heterocycles. The van der Waals surface area contributed by atoms with Crippen LogP contribution in [0.15, 0.2) is 24.3 Å². The lowest BCUT2D eigenvalue weighted by Gasteiger charge is -2.11. The largest absolute Gasteiger partial charge is 0.466 e. The normalized spacial score (nSPS) is 10.3. The van der Waals surface area contributed by atoms with Crippen LogP contribution in [0.4, 0.5) is 0 Å². The third-order valence-electron chi connectivity index (χ3n) is 2.98. The fraction of sp³-hybridized carbons (Fsp3) is 0.267. The van der Waals surface area contributed by atoms with E-state index in [2.05, 4.69) is 14.7 Å². The molecule has 0 spiro atoms. The van der Waals surface area contributed by atoms with E-state index in [1.807, 2.05) is 26.0 Å². The lowest BCUT2D eigenvalue weighted by atomic mass is 10.2. The van der Waals surface area contributed by atoms with Crippen LogP contribution in [0.2, 0.25) is 5.02 Å². The molecule has 0 atom stereocenters. The van der Waals surface area contributed by atoms with E-state index in [1.54, 1.807) is 12.1 Å². The minimum atomic E-state index is -0.463. The van der Waals surface area contributed by atoms with Gasteiger partial charge in [-0.15, -0.1) is 0 Å². The van der Waals surface area contributed by atoms with E-state index in [-0.39, 0.29) is 6.61 Å². The maximum Gasteiger partial charge on any atom is 0.343 e. The van der Waals surface area contributed by atoms with Gasteiger partial charge in [-0.3, -0.25) is 0 Å². The molecule has 2 aromatic rings. The Bertz CT molecular complexity index is 674. The van der Waals surface area contributed by atoms with Gasteiger partial charge in [0.05, 0.1) is 7.11 Å². The van der Waals surface area contributed by atoms with Crippen LogP contribution in [0.1, 0.15) is 11.3 Å². The van der Waals surface area contributed by atoms with Crippen molar-refractivity contribution < 1.29 is 14.3 Å². The van der Waals surface area contributed by atoms with Crippen molar-refractivity contribution in [1.82, 2.24) is 9.97 Å². The molecule has 0 radical (unpaired) electrons. The lowest BCUT2D eigenvalue weighted by Crippen LogP contribution is -2.14. The molecule has 0 bridgehead atoms. The Balaban J connectivity index is 2.36. The molecule has 2 rings (SSSR count). The molecule has 21 heavy (non-hydrogen) atoms. The quantitative estimate of drug-likeness (QED) is 0.813. The lowest BCUT2D eigenvalue weighted by molar-refractivity contribution is -0.143. The number of nitrogens with zero attached hydrogens (tertiary/aromatic N) is 2. The van der Waals surface area contributed by atoms with Gasteiger partial charge < -0.3 is 9.47 Å². The van der Waals surface area contributed by atoms with Crippen LogP contribution in [0.3, 0.4) is 0 Å². The summed E-state index contributed by atoms with van der Waals surface area (Å²) in [6.45, 7) is 3.50. The molecule has 1 aromatic heterocycles. The van der Waals surface area contributed by atoms with E-state index in [9.17, 15) is 4.79 Å². The summed E-state index contributed by atoms with van der Waals surface area (Å²) in [6.07, 6.45) is 0. The second-order valence-corrected chi connectivity index (χ2v) is 4.87. The fourth-order valence-corrected chi connectivity index (χ4v) is 1.88. The number of hydrogen-bond donors (Lipinski definition) is 0. The standard InChI is InChI=1S/C15H15ClN2O3/c1-9-10(2)17-14(11-5-4-6-12(16)7-11)18-15(9)21-8-13(19)20-3/h4-7H,8H2,1-3H3. The highest BCUT2D eigenvalue weighted by Crippen LogP contribution is 2.25. The van der Waals surface area contributed by atoms with Crippen molar-refractivity contribution in [2.45, 2.75) is 13.8 Å². The van der Waals surface area contributed by atoms with E-state index in [0.29, 0.717) is 16.7 Å². The highest BCUT2D eigenvalue weighted by molar-refractivity contribution is 6.30. The molecule has 0 fully saturated rings. The average molecular weight is 307 g/mol. The number of methoxy groups -OCH3 is 1. The van der Waals surface area contributed by atoms with Crippen LogP contribution < -0.4 is 4.74 Å². The number of esters is 1. The van der Waals surface area contributed by atoms with Crippen LogP contribution in [0.25, 0.3) is 11.4 Å². The summed E-state index contributed by atoms with van der Waals surface area (Å²) in [6, 6.07) is 7.24. The molecule has 1 heterocycles. The van der Waals surface area contributed by atoms with Crippen molar-refractivity contribution in [3.05, 3.63) is 40.5 Å². The van der Waals surface area contributed by atoms with E-state index in [0.717, 1.165) is 16.8 Å². The van der Waals surface area contributed by atoms with Crippen molar-refractivity contribution in [2.75, 3.05) is 13.7 Å². The van der Waals surface area contributed by atoms with E-state index < -0.39 is 5.97 Å². The topological polar surface area (TPSA) is 61.3 Å². The van der Waals surface area contributed by atoms with Gasteiger partial charge in [0.15, 0.2) is 12.4 Å². The number of halogens is 1. The Kier molecular flexibility index (Phi) is 4.75. The summed E-state index contributed by atoms with van der Waals surface area (Å²) >= 11 is 5.98. The van der Waals surface area contributed by atoms with Crippen LogP contribution in [-0.2, 0) is 9.53 Å². The van der Waals surface area contributed by atoms with E-state index >= 15 is 0 Å². The van der Waals surface area contributed by atoms with Gasteiger partial charge in [-0.2, -0.15) is 4.98 Å². The van der Waals surface area contributed by atoms with Crippen LogP contribution in [0, 0.1) is 13.8 Å². The molecule has 0 saturated carbocycles. The van der Waals surface area contributed by atoms with Gasteiger partial charge >= 0.3 is 5.97 Å². The number of ether oxygens (including phenoxy) is 2. The molecule has 6 heteroatoms. The third-order valence-corrected chi connectivity index (χ3v) is 3.22. The molecular weight excluding hydrogens is 292 g/mol. The number of hydrogen-bond acceptors (Lipinski definition) is 5. The first-order valence-corrected chi connectivity index (χ1v) is 6.70. The zero-order chi connectivity index (χ0) is 15.4. The monoisotopic (exact) mass is 306 g/mol. The maximum absolute atomic E-state index is 11.2. The molecular formula is C15H15ClN2O3. The molecule has 0 N–H and O–H groups in total. The van der Waals surface area contributed by atoms with Crippen molar-refractivity contribution in [1.29, 1.82) is 0 Å². The van der Waals surface area contributed by atoms with Gasteiger partial charge in [-0.1, -0.05) is 23.7 Å². The first-order chi connectivity index (χ1) is 10.0. The Hall–Kier alpha value is -2.14. The zero-order valence-corrected chi connectivity index (χ0v) is 12.8. The van der Waals surface area contributed by atoms with Gasteiger partial charge in [0.1, 0.15) is 0 Å². The predicted molar refractivity (Wildman–Crippen MR) is 79.5 cm³/mol. The first-order valence-electron chi connectivity index (χ1n) is 6.32. The van der Waals surface area contributed by atoms with Gasteiger partial charge in [0.2, 0.25) is 5.88 Å². The molecule has 0 unspecified atom stereocenters. The second kappa shape index (κ2) is 6.54. The van der Waals surface area contributed by atoms with Crippen LogP contribution in [-0.4, -0.2) is 29.7 Å². The van der Waals surface area contributed by atoms with E-state index in [1.165, 1.54) is 7.11 Å². The smallest absolute Gasteiger partial charge is 0.343 e. The summed E-state index contributed by atoms with van der Waals surface area (Å²) in [5, 5.41) is 0.603. The number of carbonyl (C=O) groups excluding carboxylic acids is 1. The second-order valence-electron chi connectivity index (χ2n) is 4.44. The summed E-state index contributed by atoms with van der Waals surface area (Å²) < 4.78 is 9.95. The molecule has 0 aliphatic carbocycles. The first kappa shape index (κ1) is 15.3. The summed E-state index contributed by atoms with van der Waals surface area (Å²) in [4.78, 5) is 19.9. The third kappa shape index (κ3) is 3.70. The molecule has 110 valence electrons. The molecule has 0 amide bonds. The predicted octanol–water partition coefficient (Wildman–Crippen LogP) is 2.97. The fourth-order valence-electron chi connectivity index (χ4n) is 1.69. The highest BCUT2D eigenvalue weighted by Gasteiger charge is 2.12. The summed E-state index contributed by atoms with van der Waals surface area (Å²) in [5.41, 5.74) is 2.35. The Labute approximate surface area is 127 Å². The van der Waals surface area contributed by atoms with Gasteiger partial charge in [-0.25, -0.2) is 9.78 Å². The van der Waals surface area contributed by atoms with Crippen molar-refractivity contribution >= 4 is 17.6 Å². The Morgan fingerprint density at radius 2 is 2.05 bits per heavy atom. The number of carbonyl (C=O) groups is 1. The molecule has 5 nitrogen and oxygen atoms in total. The van der Waals surface area contributed by atoms with Crippen molar-refractivity contribution in [3.63, 3.8) is 0 Å². The zero-order valence-electron chi connectivity index (χ0n) is 12.0. The van der Waals surface area contributed by atoms with Crippen molar-refractivity contribution in [3.8, 4) is 17.3 Å². The maximum atomic E-state index is 11.2. The average Bonchev–Trinajstić information content (AvgIpc) is 2.48. The Morgan fingerprint density at radius 3 is 2.71 bits per heavy atom. The minimum Gasteiger partial charge on any atom is -0.466 e. The molecule has 0 aliphatic rings. The number of benzene rings is 1. The van der Waals surface area contributed by atoms with Gasteiger partial charge in [-0.05, 0) is 26.0 Å². The van der Waals surface area contributed by atoms with Crippen molar-refractivity contribution in [2.24, 2.45) is 0 Å². The number of rotatable bonds is 4. The number of aryl methyl sites for hydroxylation is 1. The molecule has 1 aromatic carbocycles. The Morgan fingerprint density at radius 1 is 1.29 bits per heavy atom. The van der Waals surface area contributed by atoms with Crippen LogP contribution >= 0.6 is 11.6 Å². The molecule has 0 aliphatic heterocycles. The van der Waals surface area contributed by atoms with E-state index in [4.69, 9.17) is 16.3 Å². The minimum absolute atomic E-state index is 0.192. The summed E-state index contributed by atoms with van der Waals surface area (Å²) in [7, 11) is 1.31. The highest BCUT2D eigenvalue weighted by atomic mass is 35.5. The van der Waals surface area contributed by atoms with Gasteiger partial charge in [0, 0.05) is 21.8 Å². The summed E-state index contributed by atoms with van der Waals surface area (Å²) in [5.74, 6) is 0.401.